The third kappa shape index (κ3) is 28.6. The van der Waals surface area contributed by atoms with E-state index < -0.39 is 7.25 Å². The van der Waals surface area contributed by atoms with E-state index in [1.807, 2.05) is 0 Å². The van der Waals surface area contributed by atoms with E-state index >= 15 is 0 Å². The summed E-state index contributed by atoms with van der Waals surface area (Å²) in [5.41, 5.74) is 0. The van der Waals surface area contributed by atoms with Crippen molar-refractivity contribution in [3.63, 3.8) is 0 Å². The molecule has 2 fully saturated rings. The Kier molecular flexibility index (Phi) is 19.9. The summed E-state index contributed by atoms with van der Waals surface area (Å²) < 4.78 is 39.0. The molecule has 0 aromatic rings. The summed E-state index contributed by atoms with van der Waals surface area (Å²) in [5, 5.41) is 0. The average Bonchev–Trinajstić information content (AvgIpc) is 2.24. The molecular weight excluding hydrogens is 382 g/mol. The Balaban J connectivity index is 0. The standard InChI is InChI=1S/2C8H12.BF4.Rh/c2*1-2-4-6-8-7-5-3-1;2-1(3,4)5;/h1-2,5,7H,3-4,6,8H2;1-4H,5-8H2;;/q;;-1;. The molecule has 6 heteroatoms. The van der Waals surface area contributed by atoms with Gasteiger partial charge < -0.3 is 17.3 Å². The van der Waals surface area contributed by atoms with Crippen molar-refractivity contribution in [2.45, 2.75) is 51.4 Å². The van der Waals surface area contributed by atoms with Gasteiger partial charge >= 0.3 is 7.25 Å². The zero-order valence-electron chi connectivity index (χ0n) is 12.7. The van der Waals surface area contributed by atoms with Gasteiger partial charge in [-0.15, -0.1) is 0 Å². The van der Waals surface area contributed by atoms with E-state index in [0.717, 1.165) is 6.42 Å². The Labute approximate surface area is 147 Å². The van der Waals surface area contributed by atoms with Crippen molar-refractivity contribution in [3.8, 4) is 0 Å². The Morgan fingerprint density at radius 2 is 0.909 bits per heavy atom. The number of hydrogen-bond donors (Lipinski definition) is 0. The first-order valence-corrected chi connectivity index (χ1v) is 7.49. The van der Waals surface area contributed by atoms with Gasteiger partial charge in [0.1, 0.15) is 0 Å². The van der Waals surface area contributed by atoms with Crippen molar-refractivity contribution in [3.05, 3.63) is 51.4 Å². The maximum atomic E-state index is 9.75. The van der Waals surface area contributed by atoms with Crippen LogP contribution in [0.4, 0.5) is 17.3 Å². The first-order valence-electron chi connectivity index (χ1n) is 7.49. The van der Waals surface area contributed by atoms with Crippen molar-refractivity contribution < 1.29 is 36.7 Å². The minimum Gasteiger partial charge on any atom is -0.418 e. The van der Waals surface area contributed by atoms with Crippen LogP contribution in [0, 0.1) is 51.4 Å². The Bertz CT molecular complexity index is 143. The molecule has 0 saturated heterocycles. The predicted molar refractivity (Wildman–Crippen MR) is 81.5 cm³/mol. The van der Waals surface area contributed by atoms with Crippen LogP contribution in [0.2, 0.25) is 0 Å². The van der Waals surface area contributed by atoms with E-state index in [0.29, 0.717) is 0 Å². The number of halogens is 4. The molecule has 0 aromatic heterocycles. The van der Waals surface area contributed by atoms with E-state index in [1.165, 1.54) is 44.9 Å². The second-order valence-corrected chi connectivity index (χ2v) is 4.75. The fraction of sp³-hybridized carbons (Fsp3) is 0.500. The van der Waals surface area contributed by atoms with Gasteiger partial charge in [0.15, 0.2) is 0 Å². The van der Waals surface area contributed by atoms with E-state index in [4.69, 9.17) is 0 Å². The van der Waals surface area contributed by atoms with Crippen molar-refractivity contribution >= 4 is 7.25 Å². The Morgan fingerprint density at radius 1 is 0.545 bits per heavy atom. The van der Waals surface area contributed by atoms with Crippen LogP contribution in [0.15, 0.2) is 0 Å². The summed E-state index contributed by atoms with van der Waals surface area (Å²) in [6.45, 7) is 0. The zero-order chi connectivity index (χ0) is 15.8. The van der Waals surface area contributed by atoms with Crippen LogP contribution in [0.3, 0.4) is 0 Å². The molecule has 0 bridgehead atoms. The predicted octanol–water partition coefficient (Wildman–Crippen LogP) is 6.05. The first kappa shape index (κ1) is 24.7. The van der Waals surface area contributed by atoms with Gasteiger partial charge in [-0.1, -0.05) is 19.3 Å². The number of rotatable bonds is 0. The molecule has 0 atom stereocenters. The summed E-state index contributed by atoms with van der Waals surface area (Å²) in [4.78, 5) is 0. The van der Waals surface area contributed by atoms with Gasteiger partial charge in [-0.05, 0) is 83.5 Å². The zero-order valence-corrected chi connectivity index (χ0v) is 14.3. The summed E-state index contributed by atoms with van der Waals surface area (Å²) in [6.07, 6.45) is 28.0. The molecule has 2 aliphatic carbocycles. The molecule has 2 aliphatic rings. The summed E-state index contributed by atoms with van der Waals surface area (Å²) in [6, 6.07) is 0. The van der Waals surface area contributed by atoms with Gasteiger partial charge in [0.2, 0.25) is 0 Å². The topological polar surface area (TPSA) is 0 Å². The van der Waals surface area contributed by atoms with E-state index in [2.05, 4.69) is 51.4 Å². The van der Waals surface area contributed by atoms with E-state index in [1.54, 1.807) is 0 Å². The molecule has 0 aliphatic heterocycles. The Hall–Kier alpha value is 0.408. The smallest absolute Gasteiger partial charge is 0.418 e. The van der Waals surface area contributed by atoms with Gasteiger partial charge in [-0.25, -0.2) is 0 Å². The van der Waals surface area contributed by atoms with Crippen molar-refractivity contribution in [2.24, 2.45) is 0 Å². The molecule has 129 valence electrons. The van der Waals surface area contributed by atoms with Crippen LogP contribution in [-0.4, -0.2) is 7.25 Å². The fourth-order valence-corrected chi connectivity index (χ4v) is 1.73. The molecule has 0 N–H and O–H groups in total. The summed E-state index contributed by atoms with van der Waals surface area (Å²) in [5.74, 6) is 0. The molecule has 0 spiro atoms. The van der Waals surface area contributed by atoms with Gasteiger partial charge in [0.25, 0.3) is 0 Å². The maximum Gasteiger partial charge on any atom is 0.673 e. The minimum atomic E-state index is -6.00. The molecule has 9 radical (unpaired) electrons. The second-order valence-electron chi connectivity index (χ2n) is 4.75. The third-order valence-electron chi connectivity index (χ3n) is 2.72. The molecule has 0 amide bonds. The van der Waals surface area contributed by atoms with Gasteiger partial charge in [0, 0.05) is 19.5 Å². The molecule has 22 heavy (non-hydrogen) atoms. The van der Waals surface area contributed by atoms with Crippen LogP contribution in [0.25, 0.3) is 0 Å². The molecule has 2 saturated carbocycles. The third-order valence-corrected chi connectivity index (χ3v) is 2.72. The number of hydrogen-bond acceptors (Lipinski definition) is 0. The monoisotopic (exact) mass is 406 g/mol. The van der Waals surface area contributed by atoms with Crippen LogP contribution in [0.1, 0.15) is 51.4 Å². The van der Waals surface area contributed by atoms with Gasteiger partial charge in [-0.3, -0.25) is 0 Å². The van der Waals surface area contributed by atoms with Gasteiger partial charge in [-0.2, -0.15) is 0 Å². The van der Waals surface area contributed by atoms with Crippen LogP contribution in [0.5, 0.6) is 0 Å². The molecule has 0 aromatic carbocycles. The van der Waals surface area contributed by atoms with Gasteiger partial charge in [0.05, 0.1) is 0 Å². The van der Waals surface area contributed by atoms with E-state index in [-0.39, 0.29) is 19.5 Å². The van der Waals surface area contributed by atoms with Crippen LogP contribution < -0.4 is 0 Å². The van der Waals surface area contributed by atoms with Crippen LogP contribution in [-0.2, 0) is 19.5 Å². The maximum absolute atomic E-state index is 9.75. The van der Waals surface area contributed by atoms with Crippen molar-refractivity contribution in [2.75, 3.05) is 0 Å². The largest absolute Gasteiger partial charge is 0.673 e. The average molecular weight is 406 g/mol. The molecule has 2 rings (SSSR count). The molecule has 0 nitrogen and oxygen atoms in total. The minimum absolute atomic E-state index is 0. The Morgan fingerprint density at radius 3 is 1.32 bits per heavy atom. The molecular formula is C16H24BF4Rh-. The van der Waals surface area contributed by atoms with E-state index in [9.17, 15) is 17.3 Å². The SMILES string of the molecule is F[B-](F)(F)F.[CH]1[CH]CCC[CH][CH]C1.[CH]1[CH][CH]CCCC[CH]1.[Rh]. The van der Waals surface area contributed by atoms with Crippen molar-refractivity contribution in [1.29, 1.82) is 0 Å². The normalized spacial score (nSPS) is 20.2. The summed E-state index contributed by atoms with van der Waals surface area (Å²) in [7, 11) is -6.00. The second kappa shape index (κ2) is 17.8. The molecule has 0 heterocycles. The van der Waals surface area contributed by atoms with Crippen LogP contribution >= 0.6 is 0 Å². The summed E-state index contributed by atoms with van der Waals surface area (Å²) >= 11 is 0. The fourth-order valence-electron chi connectivity index (χ4n) is 1.73. The quantitative estimate of drug-likeness (QED) is 0.339. The molecule has 0 unspecified atom stereocenters. The van der Waals surface area contributed by atoms with Crippen molar-refractivity contribution in [1.82, 2.24) is 0 Å². The first-order chi connectivity index (χ1) is 10.0.